The summed E-state index contributed by atoms with van der Waals surface area (Å²) in [7, 11) is 0. The number of nitrogens with one attached hydrogen (secondary N) is 1. The Bertz CT molecular complexity index is 1080. The molecule has 1 fully saturated rings. The second-order valence-electron chi connectivity index (χ2n) is 8.03. The Morgan fingerprint density at radius 1 is 1.16 bits per heavy atom. The number of hydrogen-bond acceptors (Lipinski definition) is 6. The molecule has 0 aliphatic carbocycles. The molecule has 0 saturated carbocycles. The van der Waals surface area contributed by atoms with Gasteiger partial charge in [-0.15, -0.1) is 0 Å². The van der Waals surface area contributed by atoms with E-state index in [4.69, 9.17) is 4.52 Å². The maximum atomic E-state index is 13.1. The maximum absolute atomic E-state index is 13.1. The minimum absolute atomic E-state index is 0.00596. The number of nitrogens with zero attached hydrogens (tertiary/aromatic N) is 3. The van der Waals surface area contributed by atoms with E-state index in [9.17, 15) is 14.0 Å². The van der Waals surface area contributed by atoms with Gasteiger partial charge in [-0.1, -0.05) is 5.16 Å². The standard InChI is InChI=1S/C24H25FN4O3/c1-16(30)17-6-10-21(11-7-17)26-22(31)12-14-29-13-2-3-19(15-29)24-27-23(28-32-24)18-4-8-20(25)9-5-18/h4-11,19H,2-3,12-15H2,1H3,(H,26,31). The summed E-state index contributed by atoms with van der Waals surface area (Å²) < 4.78 is 18.6. The van der Waals surface area contributed by atoms with Crippen LogP contribution < -0.4 is 5.32 Å². The molecule has 7 nitrogen and oxygen atoms in total. The van der Waals surface area contributed by atoms with Crippen LogP contribution in [0.15, 0.2) is 53.1 Å². The van der Waals surface area contributed by atoms with Crippen molar-refractivity contribution in [3.8, 4) is 11.4 Å². The van der Waals surface area contributed by atoms with Gasteiger partial charge in [-0.2, -0.15) is 4.98 Å². The van der Waals surface area contributed by atoms with Crippen LogP contribution in [0.3, 0.4) is 0 Å². The molecule has 1 aromatic heterocycles. The minimum atomic E-state index is -0.308. The highest BCUT2D eigenvalue weighted by molar-refractivity contribution is 5.95. The number of likely N-dealkylation sites (tertiary alicyclic amines) is 1. The largest absolute Gasteiger partial charge is 0.339 e. The lowest BCUT2D eigenvalue weighted by Gasteiger charge is -2.30. The van der Waals surface area contributed by atoms with Gasteiger partial charge in [0.05, 0.1) is 5.92 Å². The van der Waals surface area contributed by atoms with Crippen LogP contribution in [-0.4, -0.2) is 46.4 Å². The van der Waals surface area contributed by atoms with Crippen molar-refractivity contribution in [2.45, 2.75) is 32.1 Å². The number of piperidine rings is 1. The van der Waals surface area contributed by atoms with E-state index in [-0.39, 0.29) is 23.4 Å². The normalized spacial score (nSPS) is 16.6. The SMILES string of the molecule is CC(=O)c1ccc(NC(=O)CCN2CCCC(c3nc(-c4ccc(F)cc4)no3)C2)cc1. The first kappa shape index (κ1) is 21.8. The van der Waals surface area contributed by atoms with Gasteiger partial charge < -0.3 is 14.7 Å². The fourth-order valence-corrected chi connectivity index (χ4v) is 3.85. The molecule has 0 radical (unpaired) electrons. The molecule has 1 N–H and O–H groups in total. The number of halogens is 1. The number of Topliss-reactive ketones (excluding diaryl/α,β-unsaturated/α-hetero) is 1. The van der Waals surface area contributed by atoms with Gasteiger partial charge in [0.15, 0.2) is 5.78 Å². The van der Waals surface area contributed by atoms with Gasteiger partial charge in [0.1, 0.15) is 5.82 Å². The van der Waals surface area contributed by atoms with E-state index >= 15 is 0 Å². The average Bonchev–Trinajstić information content (AvgIpc) is 3.29. The summed E-state index contributed by atoms with van der Waals surface area (Å²) in [6.07, 6.45) is 2.29. The van der Waals surface area contributed by atoms with Gasteiger partial charge >= 0.3 is 0 Å². The third-order valence-electron chi connectivity index (χ3n) is 5.63. The van der Waals surface area contributed by atoms with Crippen molar-refractivity contribution in [3.05, 3.63) is 65.8 Å². The van der Waals surface area contributed by atoms with Crippen molar-refractivity contribution in [2.24, 2.45) is 0 Å². The van der Waals surface area contributed by atoms with Crippen LogP contribution in [0.5, 0.6) is 0 Å². The Labute approximate surface area is 185 Å². The van der Waals surface area contributed by atoms with Crippen LogP contribution in [0.1, 0.15) is 48.4 Å². The first-order chi connectivity index (χ1) is 15.5. The lowest BCUT2D eigenvalue weighted by molar-refractivity contribution is -0.116. The number of carbonyl (C=O) groups excluding carboxylic acids is 2. The van der Waals surface area contributed by atoms with E-state index in [1.54, 1.807) is 36.4 Å². The number of carbonyl (C=O) groups is 2. The highest BCUT2D eigenvalue weighted by atomic mass is 19.1. The third-order valence-corrected chi connectivity index (χ3v) is 5.63. The lowest BCUT2D eigenvalue weighted by atomic mass is 9.98. The second kappa shape index (κ2) is 9.82. The molecule has 32 heavy (non-hydrogen) atoms. The van der Waals surface area contributed by atoms with Crippen molar-refractivity contribution in [1.29, 1.82) is 0 Å². The maximum Gasteiger partial charge on any atom is 0.231 e. The third kappa shape index (κ3) is 5.45. The van der Waals surface area contributed by atoms with E-state index in [1.807, 2.05) is 0 Å². The fourth-order valence-electron chi connectivity index (χ4n) is 3.85. The topological polar surface area (TPSA) is 88.3 Å². The van der Waals surface area contributed by atoms with E-state index in [0.717, 1.165) is 25.9 Å². The lowest BCUT2D eigenvalue weighted by Crippen LogP contribution is -2.36. The molecule has 2 heterocycles. The number of amides is 1. The molecule has 1 unspecified atom stereocenters. The summed E-state index contributed by atoms with van der Waals surface area (Å²) in [5, 5.41) is 6.91. The molecule has 4 rings (SSSR count). The van der Waals surface area contributed by atoms with Crippen LogP contribution in [0.2, 0.25) is 0 Å². The molecule has 0 bridgehead atoms. The van der Waals surface area contributed by atoms with Gasteiger partial charge in [-0.3, -0.25) is 9.59 Å². The minimum Gasteiger partial charge on any atom is -0.339 e. The molecule has 0 spiro atoms. The van der Waals surface area contributed by atoms with Crippen LogP contribution in [0.4, 0.5) is 10.1 Å². The zero-order valence-electron chi connectivity index (χ0n) is 17.9. The monoisotopic (exact) mass is 436 g/mol. The zero-order valence-corrected chi connectivity index (χ0v) is 17.9. The molecule has 8 heteroatoms. The van der Waals surface area contributed by atoms with Crippen molar-refractivity contribution < 1.29 is 18.5 Å². The summed E-state index contributed by atoms with van der Waals surface area (Å²) in [5.41, 5.74) is 2.00. The summed E-state index contributed by atoms with van der Waals surface area (Å²) >= 11 is 0. The summed E-state index contributed by atoms with van der Waals surface area (Å²) in [5.74, 6) is 0.745. The van der Waals surface area contributed by atoms with Gasteiger partial charge in [0, 0.05) is 36.3 Å². The fraction of sp³-hybridized carbons (Fsp3) is 0.333. The summed E-state index contributed by atoms with van der Waals surface area (Å²) in [4.78, 5) is 30.4. The van der Waals surface area contributed by atoms with Crippen molar-refractivity contribution >= 4 is 17.4 Å². The van der Waals surface area contributed by atoms with Gasteiger partial charge in [0.2, 0.25) is 17.6 Å². The smallest absolute Gasteiger partial charge is 0.231 e. The number of hydrogen-bond donors (Lipinski definition) is 1. The Morgan fingerprint density at radius 3 is 2.62 bits per heavy atom. The van der Waals surface area contributed by atoms with E-state index in [1.165, 1.54) is 19.1 Å². The van der Waals surface area contributed by atoms with Gasteiger partial charge in [-0.05, 0) is 74.8 Å². The van der Waals surface area contributed by atoms with E-state index in [2.05, 4.69) is 20.4 Å². The summed E-state index contributed by atoms with van der Waals surface area (Å²) in [6, 6.07) is 12.9. The predicted molar refractivity (Wildman–Crippen MR) is 118 cm³/mol. The van der Waals surface area contributed by atoms with Crippen LogP contribution in [-0.2, 0) is 4.79 Å². The van der Waals surface area contributed by atoms with Crippen LogP contribution in [0.25, 0.3) is 11.4 Å². The first-order valence-corrected chi connectivity index (χ1v) is 10.7. The molecule has 3 aromatic rings. The molecular formula is C24H25FN4O3. The van der Waals surface area contributed by atoms with Gasteiger partial charge in [0.25, 0.3) is 0 Å². The van der Waals surface area contributed by atoms with Gasteiger partial charge in [-0.25, -0.2) is 4.39 Å². The quantitative estimate of drug-likeness (QED) is 0.556. The summed E-state index contributed by atoms with van der Waals surface area (Å²) in [6.45, 7) is 3.80. The molecule has 1 atom stereocenters. The predicted octanol–water partition coefficient (Wildman–Crippen LogP) is 4.29. The second-order valence-corrected chi connectivity index (χ2v) is 8.03. The van der Waals surface area contributed by atoms with Crippen molar-refractivity contribution in [1.82, 2.24) is 15.0 Å². The Hall–Kier alpha value is -3.39. The van der Waals surface area contributed by atoms with Crippen LogP contribution in [0, 0.1) is 5.82 Å². The highest BCUT2D eigenvalue weighted by Crippen LogP contribution is 2.27. The molecule has 1 amide bonds. The number of benzene rings is 2. The number of ketones is 1. The Balaban J connectivity index is 1.29. The van der Waals surface area contributed by atoms with Crippen LogP contribution >= 0.6 is 0 Å². The zero-order chi connectivity index (χ0) is 22.5. The average molecular weight is 436 g/mol. The molecule has 2 aromatic carbocycles. The van der Waals surface area contributed by atoms with E-state index in [0.29, 0.717) is 41.5 Å². The molecule has 1 aliphatic heterocycles. The molecular weight excluding hydrogens is 411 g/mol. The molecule has 1 saturated heterocycles. The number of aromatic nitrogens is 2. The molecule has 166 valence electrons. The van der Waals surface area contributed by atoms with E-state index < -0.39 is 0 Å². The Kier molecular flexibility index (Phi) is 6.70. The Morgan fingerprint density at radius 2 is 1.91 bits per heavy atom. The molecule has 1 aliphatic rings. The highest BCUT2D eigenvalue weighted by Gasteiger charge is 2.26. The first-order valence-electron chi connectivity index (χ1n) is 10.7. The van der Waals surface area contributed by atoms with Crippen molar-refractivity contribution in [3.63, 3.8) is 0 Å². The van der Waals surface area contributed by atoms with Crippen molar-refractivity contribution in [2.75, 3.05) is 25.0 Å². The number of anilines is 1. The number of rotatable bonds is 7.